The van der Waals surface area contributed by atoms with Crippen LogP contribution in [-0.2, 0) is 11.2 Å². The smallest absolute Gasteiger partial charge is 0.303 e. The van der Waals surface area contributed by atoms with Crippen LogP contribution in [-0.4, -0.2) is 18.2 Å². The number of ether oxygens (including phenoxy) is 1. The summed E-state index contributed by atoms with van der Waals surface area (Å²) < 4.78 is 5.05. The molecule has 0 atom stereocenters. The van der Waals surface area contributed by atoms with Crippen LogP contribution < -0.4 is 4.74 Å². The Bertz CT molecular complexity index is 294. The Morgan fingerprint density at radius 1 is 1.69 bits per heavy atom. The third-order valence-corrected chi connectivity index (χ3v) is 1.74. The maximum absolute atomic E-state index is 10.3. The summed E-state index contributed by atoms with van der Waals surface area (Å²) >= 11 is 0. The highest BCUT2D eigenvalue weighted by Crippen LogP contribution is 2.18. The van der Waals surface area contributed by atoms with E-state index in [0.717, 1.165) is 5.56 Å². The molecule has 0 fully saturated rings. The molecule has 1 aromatic rings. The number of hydrogen-bond acceptors (Lipinski definition) is 2. The van der Waals surface area contributed by atoms with Crippen molar-refractivity contribution in [3.63, 3.8) is 0 Å². The van der Waals surface area contributed by atoms with E-state index in [1.165, 1.54) is 0 Å². The fourth-order valence-electron chi connectivity index (χ4n) is 1.09. The maximum Gasteiger partial charge on any atom is 0.303 e. The zero-order chi connectivity index (χ0) is 9.68. The highest BCUT2D eigenvalue weighted by Gasteiger charge is 2.03. The van der Waals surface area contributed by atoms with E-state index in [0.29, 0.717) is 12.2 Å². The predicted molar refractivity (Wildman–Crippen MR) is 47.8 cm³/mol. The van der Waals surface area contributed by atoms with Gasteiger partial charge in [-0.15, -0.1) is 0 Å². The second kappa shape index (κ2) is 4.50. The molecule has 0 aromatic heterocycles. The monoisotopic (exact) mass is 179 g/mol. The van der Waals surface area contributed by atoms with E-state index in [4.69, 9.17) is 9.84 Å². The van der Waals surface area contributed by atoms with Crippen LogP contribution in [0.25, 0.3) is 0 Å². The minimum Gasteiger partial charge on any atom is -0.496 e. The van der Waals surface area contributed by atoms with Gasteiger partial charge in [0.05, 0.1) is 7.11 Å². The lowest BCUT2D eigenvalue weighted by molar-refractivity contribution is -0.136. The number of hydrogen-bond donors (Lipinski definition) is 1. The van der Waals surface area contributed by atoms with Crippen molar-refractivity contribution in [3.05, 3.63) is 29.8 Å². The van der Waals surface area contributed by atoms with Crippen molar-refractivity contribution < 1.29 is 14.6 Å². The van der Waals surface area contributed by atoms with Crippen LogP contribution in [0.3, 0.4) is 0 Å². The van der Waals surface area contributed by atoms with Crippen LogP contribution in [0.15, 0.2) is 18.2 Å². The van der Waals surface area contributed by atoms with Gasteiger partial charge in [0.1, 0.15) is 5.75 Å². The van der Waals surface area contributed by atoms with Gasteiger partial charge in [0, 0.05) is 6.42 Å². The summed E-state index contributed by atoms with van der Waals surface area (Å²) in [4.78, 5) is 10.3. The lowest BCUT2D eigenvalue weighted by atomic mass is 10.1. The molecule has 0 bridgehead atoms. The molecule has 0 aliphatic rings. The predicted octanol–water partition coefficient (Wildman–Crippen LogP) is 1.51. The molecule has 1 N–H and O–H groups in total. The number of carboxylic acid groups (broad SMARTS) is 1. The molecular weight excluding hydrogens is 168 g/mol. The topological polar surface area (TPSA) is 46.5 Å². The Kier molecular flexibility index (Phi) is 3.31. The van der Waals surface area contributed by atoms with Crippen LogP contribution >= 0.6 is 0 Å². The second-order valence-electron chi connectivity index (χ2n) is 2.63. The van der Waals surface area contributed by atoms with Gasteiger partial charge in [-0.3, -0.25) is 4.79 Å². The highest BCUT2D eigenvalue weighted by atomic mass is 16.5. The summed E-state index contributed by atoms with van der Waals surface area (Å²) in [5.74, 6) is -0.0985. The van der Waals surface area contributed by atoms with Crippen molar-refractivity contribution in [1.82, 2.24) is 0 Å². The summed E-state index contributed by atoms with van der Waals surface area (Å²) in [6, 6.07) is 8.14. The normalized spacial score (nSPS) is 9.62. The zero-order valence-corrected chi connectivity index (χ0v) is 7.41. The molecule has 3 nitrogen and oxygen atoms in total. The van der Waals surface area contributed by atoms with Gasteiger partial charge in [-0.25, -0.2) is 0 Å². The fraction of sp³-hybridized carbons (Fsp3) is 0.300. The molecule has 0 saturated carbocycles. The van der Waals surface area contributed by atoms with Gasteiger partial charge in [-0.1, -0.05) is 12.1 Å². The van der Waals surface area contributed by atoms with Crippen LogP contribution in [0, 0.1) is 6.07 Å². The van der Waals surface area contributed by atoms with Gasteiger partial charge in [-0.2, -0.15) is 0 Å². The van der Waals surface area contributed by atoms with E-state index in [1.807, 2.05) is 6.07 Å². The van der Waals surface area contributed by atoms with E-state index in [9.17, 15) is 4.79 Å². The standard InChI is InChI=1S/C10H11O3/c1-13-9-5-3-2-4-8(9)6-7-10(11)12/h2,4-5H,6-7H2,1H3,(H,11,12). The number of carbonyl (C=O) groups is 1. The average molecular weight is 179 g/mol. The van der Waals surface area contributed by atoms with E-state index in [-0.39, 0.29) is 6.42 Å². The molecule has 0 aliphatic carbocycles. The van der Waals surface area contributed by atoms with E-state index < -0.39 is 5.97 Å². The minimum absolute atomic E-state index is 0.125. The quantitative estimate of drug-likeness (QED) is 0.762. The Hall–Kier alpha value is -1.51. The molecule has 1 rings (SSSR count). The number of aryl methyl sites for hydroxylation is 1. The van der Waals surface area contributed by atoms with Crippen molar-refractivity contribution in [2.45, 2.75) is 12.8 Å². The summed E-state index contributed by atoms with van der Waals surface area (Å²) in [6.45, 7) is 0. The summed E-state index contributed by atoms with van der Waals surface area (Å²) in [7, 11) is 1.56. The number of aliphatic carboxylic acids is 1. The largest absolute Gasteiger partial charge is 0.496 e. The molecule has 0 heterocycles. The molecular formula is C10H11O3. The molecule has 1 radical (unpaired) electrons. The Balaban J connectivity index is 2.69. The lowest BCUT2D eigenvalue weighted by Gasteiger charge is -2.05. The van der Waals surface area contributed by atoms with Crippen molar-refractivity contribution in [3.8, 4) is 5.75 Å². The van der Waals surface area contributed by atoms with Crippen molar-refractivity contribution >= 4 is 5.97 Å². The highest BCUT2D eigenvalue weighted by molar-refractivity contribution is 5.67. The van der Waals surface area contributed by atoms with Crippen molar-refractivity contribution in [2.75, 3.05) is 7.11 Å². The average Bonchev–Trinajstić information content (AvgIpc) is 2.15. The Morgan fingerprint density at radius 2 is 2.46 bits per heavy atom. The Morgan fingerprint density at radius 3 is 3.08 bits per heavy atom. The molecule has 3 heteroatoms. The molecule has 0 aliphatic heterocycles. The third-order valence-electron chi connectivity index (χ3n) is 1.74. The summed E-state index contributed by atoms with van der Waals surface area (Å²) in [5.41, 5.74) is 0.906. The summed E-state index contributed by atoms with van der Waals surface area (Å²) in [5, 5.41) is 8.49. The fourth-order valence-corrected chi connectivity index (χ4v) is 1.09. The van der Waals surface area contributed by atoms with Gasteiger partial charge in [0.25, 0.3) is 0 Å². The van der Waals surface area contributed by atoms with Crippen LogP contribution in [0.1, 0.15) is 12.0 Å². The number of benzene rings is 1. The molecule has 69 valence electrons. The van der Waals surface area contributed by atoms with Gasteiger partial charge >= 0.3 is 5.97 Å². The van der Waals surface area contributed by atoms with Gasteiger partial charge < -0.3 is 9.84 Å². The lowest BCUT2D eigenvalue weighted by Crippen LogP contribution is -1.99. The van der Waals surface area contributed by atoms with Crippen LogP contribution in [0.5, 0.6) is 5.75 Å². The first-order valence-electron chi connectivity index (χ1n) is 3.99. The van der Waals surface area contributed by atoms with Gasteiger partial charge in [-0.05, 0) is 24.1 Å². The van der Waals surface area contributed by atoms with E-state index >= 15 is 0 Å². The van der Waals surface area contributed by atoms with E-state index in [1.54, 1.807) is 19.2 Å². The van der Waals surface area contributed by atoms with Crippen LogP contribution in [0.2, 0.25) is 0 Å². The third kappa shape index (κ3) is 2.78. The number of methoxy groups -OCH3 is 1. The SMILES string of the molecule is COc1c[c]ccc1CCC(=O)O. The Labute approximate surface area is 77.0 Å². The summed E-state index contributed by atoms with van der Waals surface area (Å²) in [6.07, 6.45) is 0.619. The minimum atomic E-state index is -0.796. The zero-order valence-electron chi connectivity index (χ0n) is 7.41. The maximum atomic E-state index is 10.3. The van der Waals surface area contributed by atoms with E-state index in [2.05, 4.69) is 6.07 Å². The molecule has 0 amide bonds. The van der Waals surface area contributed by atoms with Gasteiger partial charge in [0.15, 0.2) is 0 Å². The number of rotatable bonds is 4. The molecule has 13 heavy (non-hydrogen) atoms. The second-order valence-corrected chi connectivity index (χ2v) is 2.63. The van der Waals surface area contributed by atoms with Crippen molar-refractivity contribution in [2.24, 2.45) is 0 Å². The molecule has 0 spiro atoms. The number of carboxylic acids is 1. The molecule has 0 saturated heterocycles. The first kappa shape index (κ1) is 9.58. The van der Waals surface area contributed by atoms with Crippen LogP contribution in [0.4, 0.5) is 0 Å². The first-order valence-corrected chi connectivity index (χ1v) is 3.99. The molecule has 1 aromatic carbocycles. The van der Waals surface area contributed by atoms with Crippen molar-refractivity contribution in [1.29, 1.82) is 0 Å². The van der Waals surface area contributed by atoms with Gasteiger partial charge in [0.2, 0.25) is 0 Å². The molecule has 0 unspecified atom stereocenters. The first-order chi connectivity index (χ1) is 6.24.